The number of anilines is 1. The topological polar surface area (TPSA) is 69.7 Å². The molecule has 0 bridgehead atoms. The molecule has 0 aromatic carbocycles. The zero-order valence-electron chi connectivity index (χ0n) is 14.2. The molecule has 1 atom stereocenters. The molecule has 23 heavy (non-hydrogen) atoms. The highest BCUT2D eigenvalue weighted by Crippen LogP contribution is 2.24. The maximum absolute atomic E-state index is 4.23. The second-order valence-electron chi connectivity index (χ2n) is 7.27. The van der Waals surface area contributed by atoms with Crippen molar-refractivity contribution < 1.29 is 0 Å². The van der Waals surface area contributed by atoms with Crippen LogP contribution in [-0.4, -0.2) is 39.5 Å². The van der Waals surface area contributed by atoms with Crippen LogP contribution in [0.15, 0.2) is 24.5 Å². The first kappa shape index (κ1) is 15.9. The van der Waals surface area contributed by atoms with Crippen LogP contribution >= 0.6 is 0 Å². The van der Waals surface area contributed by atoms with Crippen LogP contribution in [0.4, 0.5) is 5.82 Å². The van der Waals surface area contributed by atoms with Crippen LogP contribution < -0.4 is 10.2 Å². The molecule has 1 saturated heterocycles. The molecule has 0 radical (unpaired) electrons. The normalized spacial score (nSPS) is 19.1. The van der Waals surface area contributed by atoms with Crippen LogP contribution in [0.5, 0.6) is 0 Å². The minimum absolute atomic E-state index is 0.0890. The van der Waals surface area contributed by atoms with Gasteiger partial charge in [0.15, 0.2) is 5.82 Å². The Morgan fingerprint density at radius 1 is 1.39 bits per heavy atom. The van der Waals surface area contributed by atoms with Crippen molar-refractivity contribution in [1.29, 1.82) is 0 Å². The predicted octanol–water partition coefficient (Wildman–Crippen LogP) is 2.26. The lowest BCUT2D eigenvalue weighted by Crippen LogP contribution is -2.46. The van der Waals surface area contributed by atoms with Gasteiger partial charge in [0, 0.05) is 48.5 Å². The maximum Gasteiger partial charge on any atom is 0.151 e. The third-order valence-corrected chi connectivity index (χ3v) is 4.35. The number of nitrogens with zero attached hydrogens (tertiary/aromatic N) is 4. The minimum atomic E-state index is 0.0890. The lowest BCUT2D eigenvalue weighted by Gasteiger charge is -2.34. The average Bonchev–Trinajstić information content (AvgIpc) is 3.03. The largest absolute Gasteiger partial charge is 0.354 e. The van der Waals surface area contributed by atoms with Crippen LogP contribution in [0.3, 0.4) is 0 Å². The smallest absolute Gasteiger partial charge is 0.151 e. The van der Waals surface area contributed by atoms with Gasteiger partial charge in [-0.3, -0.25) is 5.10 Å². The number of hydrogen-bond donors (Lipinski definition) is 2. The second kappa shape index (κ2) is 6.66. The van der Waals surface area contributed by atoms with Gasteiger partial charge in [0.1, 0.15) is 0 Å². The fraction of sp³-hybridized carbons (Fsp3) is 0.588. The van der Waals surface area contributed by atoms with E-state index in [9.17, 15) is 0 Å². The van der Waals surface area contributed by atoms with Crippen molar-refractivity contribution in [1.82, 2.24) is 25.7 Å². The van der Waals surface area contributed by atoms with E-state index >= 15 is 0 Å². The molecule has 1 aliphatic heterocycles. The van der Waals surface area contributed by atoms with Crippen LogP contribution in [0, 0.1) is 0 Å². The maximum atomic E-state index is 4.23. The van der Waals surface area contributed by atoms with Gasteiger partial charge in [-0.1, -0.05) is 20.8 Å². The highest BCUT2D eigenvalue weighted by atomic mass is 15.3. The molecule has 3 rings (SSSR count). The van der Waals surface area contributed by atoms with Gasteiger partial charge in [0.25, 0.3) is 0 Å². The van der Waals surface area contributed by atoms with Gasteiger partial charge < -0.3 is 10.2 Å². The number of aromatic amines is 1. The molecule has 0 unspecified atom stereocenters. The fourth-order valence-corrected chi connectivity index (χ4v) is 3.16. The van der Waals surface area contributed by atoms with Gasteiger partial charge >= 0.3 is 0 Å². The number of H-pyrrole nitrogens is 1. The Balaban J connectivity index is 1.60. The molecule has 2 N–H and O–H groups in total. The molecule has 6 nitrogen and oxygen atoms in total. The van der Waals surface area contributed by atoms with Crippen molar-refractivity contribution in [3.63, 3.8) is 0 Å². The van der Waals surface area contributed by atoms with Crippen LogP contribution in [0.25, 0.3) is 0 Å². The molecule has 3 heterocycles. The van der Waals surface area contributed by atoms with E-state index in [-0.39, 0.29) is 5.41 Å². The summed E-state index contributed by atoms with van der Waals surface area (Å²) in [5.41, 5.74) is 2.56. The SMILES string of the molecule is CC(C)(C)c1[nH]ncc1CN[C@@H]1CCCN(c2cccnn2)C1. The van der Waals surface area contributed by atoms with E-state index in [1.807, 2.05) is 18.3 Å². The Hall–Kier alpha value is -1.95. The molecule has 1 aliphatic rings. The van der Waals surface area contributed by atoms with E-state index in [2.05, 4.69) is 51.4 Å². The Kier molecular flexibility index (Phi) is 4.61. The standard InChI is InChI=1S/C17H26N6/c1-17(2,3)16-13(11-20-22-16)10-18-14-6-5-9-23(12-14)15-7-4-8-19-21-15/h4,7-8,11,14,18H,5-6,9-10,12H2,1-3H3,(H,20,22)/t14-/m1/s1. The first-order valence-corrected chi connectivity index (χ1v) is 8.33. The van der Waals surface area contributed by atoms with E-state index in [4.69, 9.17) is 0 Å². The molecule has 6 heteroatoms. The van der Waals surface area contributed by atoms with Gasteiger partial charge in [0.2, 0.25) is 0 Å². The molecule has 0 amide bonds. The van der Waals surface area contributed by atoms with Crippen molar-refractivity contribution in [2.75, 3.05) is 18.0 Å². The number of nitrogens with one attached hydrogen (secondary N) is 2. The molecule has 124 valence electrons. The van der Waals surface area contributed by atoms with Crippen molar-refractivity contribution in [2.24, 2.45) is 0 Å². The molecular formula is C17H26N6. The minimum Gasteiger partial charge on any atom is -0.354 e. The lowest BCUT2D eigenvalue weighted by atomic mass is 9.89. The highest BCUT2D eigenvalue weighted by molar-refractivity contribution is 5.37. The van der Waals surface area contributed by atoms with E-state index in [0.717, 1.165) is 25.5 Å². The second-order valence-corrected chi connectivity index (χ2v) is 7.27. The Bertz CT molecular complexity index is 616. The van der Waals surface area contributed by atoms with Gasteiger partial charge in [-0.2, -0.15) is 10.2 Å². The zero-order chi connectivity index (χ0) is 16.3. The monoisotopic (exact) mass is 314 g/mol. The summed E-state index contributed by atoms with van der Waals surface area (Å²) in [7, 11) is 0. The Labute approximate surface area is 137 Å². The van der Waals surface area contributed by atoms with Gasteiger partial charge in [-0.25, -0.2) is 0 Å². The Morgan fingerprint density at radius 2 is 2.26 bits per heavy atom. The summed E-state index contributed by atoms with van der Waals surface area (Å²) < 4.78 is 0. The Morgan fingerprint density at radius 3 is 3.00 bits per heavy atom. The van der Waals surface area contributed by atoms with E-state index < -0.39 is 0 Å². The average molecular weight is 314 g/mol. The molecule has 2 aromatic heterocycles. The summed E-state index contributed by atoms with van der Waals surface area (Å²) in [5, 5.41) is 19.3. The van der Waals surface area contributed by atoms with E-state index in [1.165, 1.54) is 24.1 Å². The predicted molar refractivity (Wildman–Crippen MR) is 91.4 cm³/mol. The lowest BCUT2D eigenvalue weighted by molar-refractivity contribution is 0.417. The summed E-state index contributed by atoms with van der Waals surface area (Å²) in [6.45, 7) is 9.50. The van der Waals surface area contributed by atoms with E-state index in [0.29, 0.717) is 6.04 Å². The third kappa shape index (κ3) is 3.88. The van der Waals surface area contributed by atoms with Crippen LogP contribution in [-0.2, 0) is 12.0 Å². The van der Waals surface area contributed by atoms with Crippen molar-refractivity contribution in [3.8, 4) is 0 Å². The van der Waals surface area contributed by atoms with Crippen molar-refractivity contribution >= 4 is 5.82 Å². The number of aromatic nitrogens is 4. The van der Waals surface area contributed by atoms with Gasteiger partial charge in [-0.15, -0.1) is 5.10 Å². The number of hydrogen-bond acceptors (Lipinski definition) is 5. The van der Waals surface area contributed by atoms with Crippen molar-refractivity contribution in [3.05, 3.63) is 35.8 Å². The summed E-state index contributed by atoms with van der Waals surface area (Å²) >= 11 is 0. The molecule has 0 saturated carbocycles. The van der Waals surface area contributed by atoms with E-state index in [1.54, 1.807) is 6.20 Å². The summed E-state index contributed by atoms with van der Waals surface area (Å²) in [6, 6.07) is 4.44. The quantitative estimate of drug-likeness (QED) is 0.906. The van der Waals surface area contributed by atoms with Crippen LogP contribution in [0.2, 0.25) is 0 Å². The van der Waals surface area contributed by atoms with Gasteiger partial charge in [0.05, 0.1) is 6.20 Å². The molecule has 0 aliphatic carbocycles. The molecule has 0 spiro atoms. The highest BCUT2D eigenvalue weighted by Gasteiger charge is 2.23. The fourth-order valence-electron chi connectivity index (χ4n) is 3.16. The van der Waals surface area contributed by atoms with Crippen LogP contribution in [0.1, 0.15) is 44.9 Å². The third-order valence-electron chi connectivity index (χ3n) is 4.35. The molecule has 1 fully saturated rings. The first-order valence-electron chi connectivity index (χ1n) is 8.33. The van der Waals surface area contributed by atoms with Gasteiger partial charge in [-0.05, 0) is 25.0 Å². The molecular weight excluding hydrogens is 288 g/mol. The zero-order valence-corrected chi connectivity index (χ0v) is 14.2. The van der Waals surface area contributed by atoms with Crippen molar-refractivity contribution in [2.45, 2.75) is 51.6 Å². The summed E-state index contributed by atoms with van der Waals surface area (Å²) in [4.78, 5) is 2.31. The summed E-state index contributed by atoms with van der Waals surface area (Å²) in [5.74, 6) is 0.970. The number of piperidine rings is 1. The summed E-state index contributed by atoms with van der Waals surface area (Å²) in [6.07, 6.45) is 6.03. The number of rotatable bonds is 4. The first-order chi connectivity index (χ1) is 11.0. The molecule has 2 aromatic rings.